The van der Waals surface area contributed by atoms with E-state index >= 15 is 0 Å². The maximum Gasteiger partial charge on any atom is 0.225 e. The number of nitrogens with zero attached hydrogens (tertiary/aromatic N) is 5. The quantitative estimate of drug-likeness (QED) is 0.682. The predicted molar refractivity (Wildman–Crippen MR) is 108 cm³/mol. The van der Waals surface area contributed by atoms with Crippen molar-refractivity contribution in [1.29, 1.82) is 0 Å². The third-order valence-corrected chi connectivity index (χ3v) is 4.36. The fourth-order valence-corrected chi connectivity index (χ4v) is 2.84. The third-order valence-electron chi connectivity index (χ3n) is 4.36. The summed E-state index contributed by atoms with van der Waals surface area (Å²) >= 11 is 0. The van der Waals surface area contributed by atoms with Gasteiger partial charge < -0.3 is 20.3 Å². The molecular weight excluding hydrogens is 342 g/mol. The van der Waals surface area contributed by atoms with Gasteiger partial charge in [-0.05, 0) is 26.2 Å². The Labute approximate surface area is 161 Å². The minimum Gasteiger partial charge on any atom is -0.379 e. The summed E-state index contributed by atoms with van der Waals surface area (Å²) in [5.74, 6) is 1.46. The summed E-state index contributed by atoms with van der Waals surface area (Å²) in [7, 11) is 4.10. The minimum atomic E-state index is 0.632. The van der Waals surface area contributed by atoms with Gasteiger partial charge in [0.1, 0.15) is 5.82 Å². The Morgan fingerprint density at radius 1 is 1.15 bits per heavy atom. The van der Waals surface area contributed by atoms with Gasteiger partial charge in [-0.1, -0.05) is 0 Å². The van der Waals surface area contributed by atoms with Gasteiger partial charge in [-0.25, -0.2) is 4.98 Å². The van der Waals surface area contributed by atoms with E-state index in [2.05, 4.69) is 35.4 Å². The Morgan fingerprint density at radius 2 is 2.00 bits per heavy atom. The van der Waals surface area contributed by atoms with Crippen LogP contribution in [-0.2, 0) is 4.74 Å². The molecule has 1 aliphatic rings. The monoisotopic (exact) mass is 371 g/mol. The molecule has 1 fully saturated rings. The van der Waals surface area contributed by atoms with Crippen LogP contribution in [0.3, 0.4) is 0 Å². The molecule has 146 valence electrons. The van der Waals surface area contributed by atoms with Gasteiger partial charge in [0.05, 0.1) is 18.9 Å². The lowest BCUT2D eigenvalue weighted by atomic mass is 10.2. The molecule has 8 heteroatoms. The smallest absolute Gasteiger partial charge is 0.225 e. The Kier molecular flexibility index (Phi) is 7.32. The summed E-state index contributed by atoms with van der Waals surface area (Å²) in [6, 6.07) is 5.91. The third kappa shape index (κ3) is 6.42. The van der Waals surface area contributed by atoms with Gasteiger partial charge in [-0.3, -0.25) is 9.88 Å². The zero-order valence-corrected chi connectivity index (χ0v) is 16.2. The number of hydrogen-bond donors (Lipinski definition) is 2. The molecule has 0 spiro atoms. The molecule has 0 unspecified atom stereocenters. The van der Waals surface area contributed by atoms with E-state index in [0.717, 1.165) is 69.6 Å². The van der Waals surface area contributed by atoms with E-state index in [1.807, 2.05) is 38.5 Å². The van der Waals surface area contributed by atoms with Crippen LogP contribution in [-0.4, -0.2) is 91.3 Å². The van der Waals surface area contributed by atoms with Crippen molar-refractivity contribution in [2.24, 2.45) is 0 Å². The maximum atomic E-state index is 5.40. The van der Waals surface area contributed by atoms with Crippen molar-refractivity contribution >= 4 is 11.8 Å². The Balaban J connectivity index is 1.66. The van der Waals surface area contributed by atoms with Crippen LogP contribution in [0, 0.1) is 0 Å². The predicted octanol–water partition coefficient (Wildman–Crippen LogP) is 1.26. The molecule has 1 aliphatic heterocycles. The van der Waals surface area contributed by atoms with Gasteiger partial charge in [-0.2, -0.15) is 4.98 Å². The van der Waals surface area contributed by atoms with Crippen molar-refractivity contribution < 1.29 is 4.74 Å². The Morgan fingerprint density at radius 3 is 2.74 bits per heavy atom. The normalized spacial score (nSPS) is 15.1. The molecule has 8 nitrogen and oxygen atoms in total. The lowest BCUT2D eigenvalue weighted by molar-refractivity contribution is 0.0398. The summed E-state index contributed by atoms with van der Waals surface area (Å²) < 4.78 is 5.40. The van der Waals surface area contributed by atoms with Crippen LogP contribution in [0.15, 0.2) is 30.6 Å². The number of aromatic nitrogens is 3. The van der Waals surface area contributed by atoms with Crippen LogP contribution in [0.5, 0.6) is 0 Å². The van der Waals surface area contributed by atoms with Crippen molar-refractivity contribution in [1.82, 2.24) is 24.8 Å². The summed E-state index contributed by atoms with van der Waals surface area (Å²) in [6.07, 6.45) is 3.59. The highest BCUT2D eigenvalue weighted by atomic mass is 16.5. The molecule has 2 aromatic rings. The first kappa shape index (κ1) is 19.5. The average molecular weight is 371 g/mol. The second kappa shape index (κ2) is 10.1. The van der Waals surface area contributed by atoms with E-state index in [4.69, 9.17) is 4.74 Å². The molecule has 0 aromatic carbocycles. The molecule has 3 rings (SSSR count). The molecule has 0 amide bonds. The van der Waals surface area contributed by atoms with Crippen molar-refractivity contribution in [3.8, 4) is 11.3 Å². The number of rotatable bonds is 9. The second-order valence-electron chi connectivity index (χ2n) is 6.81. The van der Waals surface area contributed by atoms with Crippen molar-refractivity contribution in [2.45, 2.75) is 0 Å². The molecule has 2 N–H and O–H groups in total. The largest absolute Gasteiger partial charge is 0.379 e. The summed E-state index contributed by atoms with van der Waals surface area (Å²) in [5.41, 5.74) is 1.84. The number of nitrogens with one attached hydrogen (secondary N) is 2. The molecule has 0 saturated carbocycles. The van der Waals surface area contributed by atoms with Crippen LogP contribution >= 0.6 is 0 Å². The van der Waals surface area contributed by atoms with Crippen LogP contribution in [0.4, 0.5) is 11.8 Å². The van der Waals surface area contributed by atoms with Crippen LogP contribution in [0.2, 0.25) is 0 Å². The van der Waals surface area contributed by atoms with Crippen molar-refractivity contribution in [3.05, 3.63) is 30.6 Å². The van der Waals surface area contributed by atoms with Crippen molar-refractivity contribution in [2.75, 3.05) is 77.2 Å². The van der Waals surface area contributed by atoms with E-state index in [1.54, 1.807) is 6.20 Å². The van der Waals surface area contributed by atoms with Gasteiger partial charge in [0, 0.05) is 63.3 Å². The molecule has 3 heterocycles. The highest BCUT2D eigenvalue weighted by Gasteiger charge is 2.11. The van der Waals surface area contributed by atoms with Gasteiger partial charge in [-0.15, -0.1) is 0 Å². The van der Waals surface area contributed by atoms with Gasteiger partial charge >= 0.3 is 0 Å². The van der Waals surface area contributed by atoms with Crippen molar-refractivity contribution in [3.63, 3.8) is 0 Å². The second-order valence-corrected chi connectivity index (χ2v) is 6.81. The summed E-state index contributed by atoms with van der Waals surface area (Å²) in [5, 5.41) is 6.75. The van der Waals surface area contributed by atoms with Gasteiger partial charge in [0.15, 0.2) is 0 Å². The topological polar surface area (TPSA) is 78.4 Å². The average Bonchev–Trinajstić information content (AvgIpc) is 2.69. The fraction of sp³-hybridized carbons (Fsp3) is 0.526. The zero-order chi connectivity index (χ0) is 18.9. The zero-order valence-electron chi connectivity index (χ0n) is 16.2. The molecule has 0 atom stereocenters. The number of pyridine rings is 1. The van der Waals surface area contributed by atoms with Gasteiger partial charge in [0.2, 0.25) is 5.95 Å². The van der Waals surface area contributed by atoms with E-state index < -0.39 is 0 Å². The van der Waals surface area contributed by atoms with Crippen LogP contribution in [0.25, 0.3) is 11.3 Å². The number of anilines is 2. The number of hydrogen-bond acceptors (Lipinski definition) is 8. The Hall–Kier alpha value is -2.29. The van der Waals surface area contributed by atoms with Crippen LogP contribution < -0.4 is 10.6 Å². The molecule has 1 saturated heterocycles. The SMILES string of the molecule is CN(C)CCNc1nc(NCCN2CCOCC2)cc(-c2cccnc2)n1. The fourth-order valence-electron chi connectivity index (χ4n) is 2.84. The molecule has 27 heavy (non-hydrogen) atoms. The lowest BCUT2D eigenvalue weighted by Crippen LogP contribution is -2.39. The highest BCUT2D eigenvalue weighted by Crippen LogP contribution is 2.20. The molecule has 0 bridgehead atoms. The van der Waals surface area contributed by atoms with E-state index in [0.29, 0.717) is 5.95 Å². The first-order chi connectivity index (χ1) is 13.2. The van der Waals surface area contributed by atoms with Crippen LogP contribution in [0.1, 0.15) is 0 Å². The summed E-state index contributed by atoms with van der Waals surface area (Å²) in [6.45, 7) is 7.13. The molecular formula is C19H29N7O. The first-order valence-corrected chi connectivity index (χ1v) is 9.43. The molecule has 0 radical (unpaired) electrons. The number of morpholine rings is 1. The van der Waals surface area contributed by atoms with Gasteiger partial charge in [0.25, 0.3) is 0 Å². The number of ether oxygens (including phenoxy) is 1. The lowest BCUT2D eigenvalue weighted by Gasteiger charge is -2.26. The first-order valence-electron chi connectivity index (χ1n) is 9.43. The van der Waals surface area contributed by atoms with E-state index in [-0.39, 0.29) is 0 Å². The summed E-state index contributed by atoms with van der Waals surface area (Å²) in [4.78, 5) is 18.0. The molecule has 2 aromatic heterocycles. The van der Waals surface area contributed by atoms with E-state index in [1.165, 1.54) is 0 Å². The maximum absolute atomic E-state index is 5.40. The Bertz CT molecular complexity index is 690. The standard InChI is InChI=1S/C19H29N7O/c1-25(2)8-6-22-19-23-17(16-4-3-5-20-15-16)14-18(24-19)21-7-9-26-10-12-27-13-11-26/h3-5,14-15H,6-13H2,1-2H3,(H2,21,22,23,24). The molecule has 0 aliphatic carbocycles. The van der Waals surface area contributed by atoms with E-state index in [9.17, 15) is 0 Å². The minimum absolute atomic E-state index is 0.632. The number of likely N-dealkylation sites (N-methyl/N-ethyl adjacent to an activating group) is 1. The highest BCUT2D eigenvalue weighted by molar-refractivity contribution is 5.63.